The van der Waals surface area contributed by atoms with Gasteiger partial charge in [-0.3, -0.25) is 5.32 Å². The Morgan fingerprint density at radius 1 is 1.31 bits per heavy atom. The summed E-state index contributed by atoms with van der Waals surface area (Å²) in [6, 6.07) is 5.69. The Bertz CT molecular complexity index is 1150. The third-order valence-corrected chi connectivity index (χ3v) is 6.20. The molecular weight excluding hydrogens is 490 g/mol. The van der Waals surface area contributed by atoms with E-state index >= 15 is 0 Å². The predicted octanol–water partition coefficient (Wildman–Crippen LogP) is 3.21. The summed E-state index contributed by atoms with van der Waals surface area (Å²) in [6.45, 7) is 2.40. The highest BCUT2D eigenvalue weighted by atomic mass is 32.2. The Morgan fingerprint density at radius 2 is 2.06 bits per heavy atom. The first-order chi connectivity index (χ1) is 16.5. The zero-order chi connectivity index (χ0) is 25.6. The monoisotopic (exact) mass is 516 g/mol. The van der Waals surface area contributed by atoms with Gasteiger partial charge in [0.2, 0.25) is 11.8 Å². The third kappa shape index (κ3) is 7.19. The average molecular weight is 517 g/mol. The van der Waals surface area contributed by atoms with Crippen LogP contribution in [0.1, 0.15) is 32.4 Å². The second-order valence-electron chi connectivity index (χ2n) is 7.77. The summed E-state index contributed by atoms with van der Waals surface area (Å²) >= 11 is 0. The largest absolute Gasteiger partial charge is 0.489 e. The van der Waals surface area contributed by atoms with Crippen molar-refractivity contribution in [2.75, 3.05) is 18.5 Å². The second kappa shape index (κ2) is 11.1. The molecule has 35 heavy (non-hydrogen) atoms. The number of anilines is 1. The van der Waals surface area contributed by atoms with E-state index in [1.54, 1.807) is 13.0 Å². The number of benzene rings is 1. The van der Waals surface area contributed by atoms with Gasteiger partial charge in [0.25, 0.3) is 10.0 Å². The minimum atomic E-state index is -4.40. The molecule has 2 atom stereocenters. The number of amides is 2. The van der Waals surface area contributed by atoms with Crippen molar-refractivity contribution in [3.63, 3.8) is 0 Å². The normalized spacial score (nSPS) is 20.0. The number of urea groups is 1. The van der Waals surface area contributed by atoms with Crippen molar-refractivity contribution >= 4 is 22.0 Å². The molecule has 0 spiro atoms. The van der Waals surface area contributed by atoms with Crippen LogP contribution in [0.5, 0.6) is 11.6 Å². The van der Waals surface area contributed by atoms with E-state index < -0.39 is 46.4 Å². The summed E-state index contributed by atoms with van der Waals surface area (Å²) in [6.07, 6.45) is 1.03. The van der Waals surface area contributed by atoms with Gasteiger partial charge < -0.3 is 18.9 Å². The molecule has 1 saturated heterocycles. The quantitative estimate of drug-likeness (QED) is 0.487. The molecule has 1 aliphatic heterocycles. The Balaban J connectivity index is 1.72. The molecule has 1 aliphatic rings. The van der Waals surface area contributed by atoms with Crippen LogP contribution in [0, 0.1) is 6.92 Å². The maximum atomic E-state index is 12.9. The maximum absolute atomic E-state index is 12.9. The Hall–Kier alpha value is -3.10. The highest BCUT2D eigenvalue weighted by molar-refractivity contribution is 7.90. The lowest BCUT2D eigenvalue weighted by Crippen LogP contribution is -2.39. The van der Waals surface area contributed by atoms with Crippen molar-refractivity contribution in [2.24, 2.45) is 0 Å². The summed E-state index contributed by atoms with van der Waals surface area (Å²) in [5.41, 5.74) is -0.517. The first-order valence-electron chi connectivity index (χ1n) is 10.7. The van der Waals surface area contributed by atoms with Gasteiger partial charge in [0.05, 0.1) is 6.61 Å². The summed E-state index contributed by atoms with van der Waals surface area (Å²) < 4.78 is 73.9. The fraction of sp³-hybridized carbons (Fsp3) is 0.476. The number of halogens is 2. The number of nitrogens with one attached hydrogen (secondary N) is 2. The Kier molecular flexibility index (Phi) is 8.40. The summed E-state index contributed by atoms with van der Waals surface area (Å²) in [4.78, 5) is 19.5. The molecule has 11 nitrogen and oxygen atoms in total. The van der Waals surface area contributed by atoms with E-state index in [-0.39, 0.29) is 22.9 Å². The minimum absolute atomic E-state index is 0.00542. The molecule has 14 heteroatoms. The predicted molar refractivity (Wildman–Crippen MR) is 119 cm³/mol. The van der Waals surface area contributed by atoms with Gasteiger partial charge in [-0.25, -0.2) is 22.9 Å². The standard InChI is InChI=1S/C21H26F2N4O7S/c1-4-9-21(11-31-14(3)34-21)12-32-15-7-5-6-8-16(15)35(29,30)27-20(28)26-19-24-13(2)10-17(25-19)33-18(22)23/h5-8,10,14,18H,4,9,11-12H2,1-3H3,(H2,24,25,26,27,28). The first kappa shape index (κ1) is 26.5. The van der Waals surface area contributed by atoms with Crippen LogP contribution in [0.3, 0.4) is 0 Å². The lowest BCUT2D eigenvalue weighted by molar-refractivity contribution is -0.0933. The number of aromatic nitrogens is 2. The SMILES string of the molecule is CCCC1(COc2ccccc2S(=O)(=O)NC(=O)Nc2nc(C)cc(OC(F)F)n2)COC(C)O1. The highest BCUT2D eigenvalue weighted by Gasteiger charge is 2.40. The molecule has 2 N–H and O–H groups in total. The number of para-hydroxylation sites is 1. The molecule has 0 aliphatic carbocycles. The van der Waals surface area contributed by atoms with E-state index in [1.807, 2.05) is 11.6 Å². The van der Waals surface area contributed by atoms with Crippen LogP contribution < -0.4 is 19.5 Å². The number of rotatable bonds is 10. The lowest BCUT2D eigenvalue weighted by atomic mass is 10.0. The molecule has 0 radical (unpaired) electrons. The summed E-state index contributed by atoms with van der Waals surface area (Å²) in [5.74, 6) is -0.907. The van der Waals surface area contributed by atoms with Crippen molar-refractivity contribution in [3.05, 3.63) is 36.0 Å². The highest BCUT2D eigenvalue weighted by Crippen LogP contribution is 2.31. The molecule has 1 aromatic heterocycles. The van der Waals surface area contributed by atoms with Gasteiger partial charge in [0, 0.05) is 11.8 Å². The van der Waals surface area contributed by atoms with Gasteiger partial charge in [-0.2, -0.15) is 13.8 Å². The first-order valence-corrected chi connectivity index (χ1v) is 12.2. The van der Waals surface area contributed by atoms with Crippen molar-refractivity contribution < 1.29 is 40.9 Å². The van der Waals surface area contributed by atoms with E-state index in [4.69, 9.17) is 14.2 Å². The Labute approximate surface area is 201 Å². The number of hydrogen-bond acceptors (Lipinski definition) is 9. The van der Waals surface area contributed by atoms with Crippen LogP contribution in [-0.2, 0) is 19.5 Å². The minimum Gasteiger partial charge on any atom is -0.489 e. The van der Waals surface area contributed by atoms with E-state index in [2.05, 4.69) is 20.0 Å². The van der Waals surface area contributed by atoms with Crippen molar-refractivity contribution in [3.8, 4) is 11.6 Å². The zero-order valence-electron chi connectivity index (χ0n) is 19.3. The van der Waals surface area contributed by atoms with Crippen LogP contribution in [0.15, 0.2) is 35.2 Å². The van der Waals surface area contributed by atoms with Gasteiger partial charge in [-0.1, -0.05) is 25.5 Å². The van der Waals surface area contributed by atoms with E-state index in [0.717, 1.165) is 12.5 Å². The molecule has 1 fully saturated rings. The van der Waals surface area contributed by atoms with E-state index in [9.17, 15) is 22.0 Å². The average Bonchev–Trinajstić information content (AvgIpc) is 3.12. The number of alkyl halides is 2. The molecule has 2 amide bonds. The summed E-state index contributed by atoms with van der Waals surface area (Å²) in [7, 11) is -4.40. The molecule has 2 aromatic rings. The topological polar surface area (TPSA) is 138 Å². The fourth-order valence-electron chi connectivity index (χ4n) is 3.48. The van der Waals surface area contributed by atoms with Crippen LogP contribution >= 0.6 is 0 Å². The number of sulfonamides is 1. The molecule has 0 bridgehead atoms. The molecule has 2 unspecified atom stereocenters. The van der Waals surface area contributed by atoms with Crippen LogP contribution in [0.2, 0.25) is 0 Å². The fourth-order valence-corrected chi connectivity index (χ4v) is 4.53. The molecule has 192 valence electrons. The number of ether oxygens (including phenoxy) is 4. The van der Waals surface area contributed by atoms with Crippen molar-refractivity contribution in [1.82, 2.24) is 14.7 Å². The van der Waals surface area contributed by atoms with Gasteiger partial charge in [0.1, 0.15) is 22.9 Å². The lowest BCUT2D eigenvalue weighted by Gasteiger charge is -2.27. The maximum Gasteiger partial charge on any atom is 0.388 e. The number of aryl methyl sites for hydroxylation is 1. The van der Waals surface area contributed by atoms with Crippen molar-refractivity contribution in [2.45, 2.75) is 57.0 Å². The van der Waals surface area contributed by atoms with Crippen LogP contribution in [-0.4, -0.2) is 56.1 Å². The molecule has 1 aromatic carbocycles. The van der Waals surface area contributed by atoms with Crippen LogP contribution in [0.25, 0.3) is 0 Å². The summed E-state index contributed by atoms with van der Waals surface area (Å²) in [5, 5.41) is 2.09. The third-order valence-electron chi connectivity index (χ3n) is 4.83. The Morgan fingerprint density at radius 3 is 2.71 bits per heavy atom. The number of nitrogens with zero attached hydrogens (tertiary/aromatic N) is 2. The number of carbonyl (C=O) groups is 1. The van der Waals surface area contributed by atoms with Gasteiger partial charge in [0.15, 0.2) is 6.29 Å². The van der Waals surface area contributed by atoms with Gasteiger partial charge in [-0.05, 0) is 32.4 Å². The number of hydrogen-bond donors (Lipinski definition) is 2. The van der Waals surface area contributed by atoms with E-state index in [1.165, 1.54) is 25.1 Å². The molecule has 0 saturated carbocycles. The molecule has 2 heterocycles. The zero-order valence-corrected chi connectivity index (χ0v) is 20.1. The van der Waals surface area contributed by atoms with E-state index in [0.29, 0.717) is 13.0 Å². The van der Waals surface area contributed by atoms with Gasteiger partial charge in [-0.15, -0.1) is 0 Å². The smallest absolute Gasteiger partial charge is 0.388 e. The molecular formula is C21H26F2N4O7S. The molecule has 3 rings (SSSR count). The van der Waals surface area contributed by atoms with Crippen LogP contribution in [0.4, 0.5) is 19.5 Å². The van der Waals surface area contributed by atoms with Crippen molar-refractivity contribution in [1.29, 1.82) is 0 Å². The second-order valence-corrected chi connectivity index (χ2v) is 9.43. The number of carbonyl (C=O) groups excluding carboxylic acids is 1. The van der Waals surface area contributed by atoms with Gasteiger partial charge >= 0.3 is 12.6 Å².